The van der Waals surface area contributed by atoms with Crippen LogP contribution >= 0.6 is 0 Å². The Hall–Kier alpha value is -3.62. The Morgan fingerprint density at radius 1 is 1.03 bits per heavy atom. The molecule has 0 saturated carbocycles. The number of benzene rings is 1. The van der Waals surface area contributed by atoms with E-state index in [4.69, 9.17) is 0 Å². The number of aromatic nitrogens is 4. The van der Waals surface area contributed by atoms with Crippen molar-refractivity contribution in [1.82, 2.24) is 30.0 Å². The lowest BCUT2D eigenvalue weighted by Crippen LogP contribution is -2.32. The highest BCUT2D eigenvalue weighted by Gasteiger charge is 2.18. The van der Waals surface area contributed by atoms with Gasteiger partial charge in [-0.25, -0.2) is 0 Å². The first kappa shape index (κ1) is 24.1. The molecule has 0 radical (unpaired) electrons. The molecular weight excluding hydrogens is 450 g/mol. The summed E-state index contributed by atoms with van der Waals surface area (Å²) in [6.07, 6.45) is 9.80. The van der Waals surface area contributed by atoms with Gasteiger partial charge in [-0.1, -0.05) is 13.0 Å². The Bertz CT molecular complexity index is 1360. The van der Waals surface area contributed by atoms with Crippen molar-refractivity contribution in [2.75, 3.05) is 32.5 Å². The Morgan fingerprint density at radius 2 is 1.81 bits per heavy atom. The average Bonchev–Trinajstić information content (AvgIpc) is 3.29. The zero-order chi connectivity index (χ0) is 25.1. The van der Waals surface area contributed by atoms with E-state index in [1.54, 1.807) is 12.4 Å². The zero-order valence-electron chi connectivity index (χ0n) is 21.2. The van der Waals surface area contributed by atoms with Crippen LogP contribution in [0.15, 0.2) is 55.1 Å². The van der Waals surface area contributed by atoms with Gasteiger partial charge >= 0.3 is 0 Å². The highest BCUT2D eigenvalue weighted by Crippen LogP contribution is 2.27. The highest BCUT2D eigenvalue weighted by molar-refractivity contribution is 6.11. The second kappa shape index (κ2) is 10.6. The van der Waals surface area contributed by atoms with E-state index in [-0.39, 0.29) is 5.91 Å². The number of hydrogen-bond donors (Lipinski definition) is 2. The summed E-state index contributed by atoms with van der Waals surface area (Å²) in [6, 6.07) is 10.2. The van der Waals surface area contributed by atoms with Gasteiger partial charge in [0, 0.05) is 42.6 Å². The summed E-state index contributed by atoms with van der Waals surface area (Å²) in [5.74, 6) is 0.547. The van der Waals surface area contributed by atoms with Gasteiger partial charge in [0.15, 0.2) is 5.69 Å². The van der Waals surface area contributed by atoms with E-state index >= 15 is 0 Å². The van der Waals surface area contributed by atoms with Crippen LogP contribution in [0.5, 0.6) is 0 Å². The molecule has 1 saturated heterocycles. The number of carbonyl (C=O) groups is 1. The van der Waals surface area contributed by atoms with E-state index in [9.17, 15) is 4.79 Å². The predicted molar refractivity (Wildman–Crippen MR) is 143 cm³/mol. The number of aromatic amines is 1. The minimum absolute atomic E-state index is 0.270. The predicted octanol–water partition coefficient (Wildman–Crippen LogP) is 4.57. The third-order valence-corrected chi connectivity index (χ3v) is 6.74. The molecule has 0 spiro atoms. The molecule has 186 valence electrons. The van der Waals surface area contributed by atoms with Gasteiger partial charge in [0.05, 0.1) is 17.4 Å². The van der Waals surface area contributed by atoms with Gasteiger partial charge in [-0.15, -0.1) is 0 Å². The molecule has 5 rings (SSSR count). The lowest BCUT2D eigenvalue weighted by molar-refractivity contribution is 0.102. The minimum Gasteiger partial charge on any atom is -0.319 e. The summed E-state index contributed by atoms with van der Waals surface area (Å²) in [6.45, 7) is 6.27. The van der Waals surface area contributed by atoms with Gasteiger partial charge < -0.3 is 10.2 Å². The molecule has 1 amide bonds. The van der Waals surface area contributed by atoms with Gasteiger partial charge in [-0.3, -0.25) is 24.8 Å². The monoisotopic (exact) mass is 483 g/mol. The van der Waals surface area contributed by atoms with Crippen molar-refractivity contribution in [2.45, 2.75) is 32.9 Å². The van der Waals surface area contributed by atoms with Crippen molar-refractivity contribution < 1.29 is 4.79 Å². The van der Waals surface area contributed by atoms with Crippen molar-refractivity contribution >= 4 is 22.5 Å². The number of amides is 1. The standard InChI is InChI=1S/C28H33N7O/c1-19-6-8-35(9-7-19)18-20-10-23(15-29-13-20)22-4-5-26-25(12-22)27(33-32-26)28(36)31-24-11-21(14-30-16-24)17-34(2)3/h4-5,10-16,19H,6-9,17-18H2,1-3H3,(H,31,36)(H,32,33). The van der Waals surface area contributed by atoms with Crippen molar-refractivity contribution in [3.05, 3.63) is 71.9 Å². The number of H-pyrrole nitrogens is 1. The molecule has 0 aliphatic carbocycles. The number of hydrogen-bond acceptors (Lipinski definition) is 6. The Balaban J connectivity index is 1.36. The van der Waals surface area contributed by atoms with Crippen LogP contribution in [-0.4, -0.2) is 63.1 Å². The first-order valence-electron chi connectivity index (χ1n) is 12.5. The van der Waals surface area contributed by atoms with Crippen LogP contribution in [0.1, 0.15) is 41.4 Å². The van der Waals surface area contributed by atoms with Crippen LogP contribution in [0.25, 0.3) is 22.0 Å². The number of piperidine rings is 1. The quantitative estimate of drug-likeness (QED) is 0.400. The van der Waals surface area contributed by atoms with Gasteiger partial charge in [0.2, 0.25) is 0 Å². The lowest BCUT2D eigenvalue weighted by atomic mass is 9.98. The Morgan fingerprint density at radius 3 is 2.61 bits per heavy atom. The number of carbonyl (C=O) groups excluding carboxylic acids is 1. The number of rotatable bonds is 7. The van der Waals surface area contributed by atoms with Crippen LogP contribution in [0.2, 0.25) is 0 Å². The molecule has 1 fully saturated rings. The zero-order valence-corrected chi connectivity index (χ0v) is 21.2. The number of pyridine rings is 2. The van der Waals surface area contributed by atoms with E-state index in [1.165, 1.54) is 18.4 Å². The van der Waals surface area contributed by atoms with Crippen LogP contribution in [0.3, 0.4) is 0 Å². The summed E-state index contributed by atoms with van der Waals surface area (Å²) in [5, 5.41) is 11.0. The lowest BCUT2D eigenvalue weighted by Gasteiger charge is -2.30. The van der Waals surface area contributed by atoms with Crippen molar-refractivity contribution in [2.24, 2.45) is 5.92 Å². The summed E-state index contributed by atoms with van der Waals surface area (Å²) in [4.78, 5) is 26.5. The number of nitrogens with one attached hydrogen (secondary N) is 2. The molecule has 8 heteroatoms. The van der Waals surface area contributed by atoms with Gasteiger partial charge in [-0.2, -0.15) is 5.10 Å². The molecule has 2 N–H and O–H groups in total. The summed E-state index contributed by atoms with van der Waals surface area (Å²) in [5.41, 5.74) is 6.10. The summed E-state index contributed by atoms with van der Waals surface area (Å²) >= 11 is 0. The molecule has 0 unspecified atom stereocenters. The first-order chi connectivity index (χ1) is 17.4. The molecule has 4 heterocycles. The maximum absolute atomic E-state index is 13.1. The number of anilines is 1. The molecule has 4 aromatic rings. The maximum atomic E-state index is 13.1. The molecule has 0 bridgehead atoms. The number of fused-ring (bicyclic) bond motifs is 1. The van der Waals surface area contributed by atoms with E-state index in [0.29, 0.717) is 11.4 Å². The smallest absolute Gasteiger partial charge is 0.276 e. The molecular formula is C28H33N7O. The summed E-state index contributed by atoms with van der Waals surface area (Å²) in [7, 11) is 4.00. The fourth-order valence-electron chi connectivity index (χ4n) is 4.77. The number of likely N-dealkylation sites (tertiary alicyclic amines) is 1. The van der Waals surface area contributed by atoms with Crippen molar-refractivity contribution in [3.8, 4) is 11.1 Å². The molecule has 8 nitrogen and oxygen atoms in total. The minimum atomic E-state index is -0.270. The highest BCUT2D eigenvalue weighted by atomic mass is 16.1. The first-order valence-corrected chi connectivity index (χ1v) is 12.5. The van der Waals surface area contributed by atoms with Crippen LogP contribution in [0, 0.1) is 5.92 Å². The van der Waals surface area contributed by atoms with Gasteiger partial charge in [0.25, 0.3) is 5.91 Å². The van der Waals surface area contributed by atoms with E-state index in [1.807, 2.05) is 50.8 Å². The van der Waals surface area contributed by atoms with Crippen LogP contribution < -0.4 is 5.32 Å². The molecule has 3 aromatic heterocycles. The SMILES string of the molecule is CC1CCN(Cc2cncc(-c3ccc4[nH]nc(C(=O)Nc5cncc(CN(C)C)c5)c4c3)c2)CC1. The Kier molecular flexibility index (Phi) is 7.06. The topological polar surface area (TPSA) is 90.0 Å². The van der Waals surface area contributed by atoms with Crippen molar-refractivity contribution in [3.63, 3.8) is 0 Å². The van der Waals surface area contributed by atoms with Gasteiger partial charge in [-0.05, 0) is 86.9 Å². The summed E-state index contributed by atoms with van der Waals surface area (Å²) < 4.78 is 0. The third-order valence-electron chi connectivity index (χ3n) is 6.74. The molecule has 1 aliphatic rings. The van der Waals surface area contributed by atoms with Crippen LogP contribution in [0.4, 0.5) is 5.69 Å². The van der Waals surface area contributed by atoms with Gasteiger partial charge in [0.1, 0.15) is 0 Å². The second-order valence-corrected chi connectivity index (χ2v) is 10.1. The second-order valence-electron chi connectivity index (χ2n) is 10.1. The fraction of sp³-hybridized carbons (Fsp3) is 0.357. The molecule has 36 heavy (non-hydrogen) atoms. The molecule has 1 aromatic carbocycles. The normalized spacial score (nSPS) is 15.0. The molecule has 0 atom stereocenters. The fourth-order valence-corrected chi connectivity index (χ4v) is 4.77. The van der Waals surface area contributed by atoms with E-state index in [2.05, 4.69) is 48.3 Å². The van der Waals surface area contributed by atoms with Crippen LogP contribution in [-0.2, 0) is 13.1 Å². The maximum Gasteiger partial charge on any atom is 0.276 e. The third kappa shape index (κ3) is 5.61. The average molecular weight is 484 g/mol. The molecule has 1 aliphatic heterocycles. The number of nitrogens with zero attached hydrogens (tertiary/aromatic N) is 5. The van der Waals surface area contributed by atoms with E-state index < -0.39 is 0 Å². The largest absolute Gasteiger partial charge is 0.319 e. The van der Waals surface area contributed by atoms with Crippen molar-refractivity contribution in [1.29, 1.82) is 0 Å². The van der Waals surface area contributed by atoms with E-state index in [0.717, 1.165) is 59.7 Å². The Labute approximate surface area is 211 Å².